The minimum absolute atomic E-state index is 0.0863. The Labute approximate surface area is 312 Å². The van der Waals surface area contributed by atoms with E-state index in [0.29, 0.717) is 40.3 Å². The second-order valence-electron chi connectivity index (χ2n) is 13.1. The summed E-state index contributed by atoms with van der Waals surface area (Å²) in [6.45, 7) is 1.77. The number of thiazole rings is 1. The molecule has 8 rings (SSSR count). The van der Waals surface area contributed by atoms with Gasteiger partial charge in [-0.05, 0) is 85.2 Å². The zero-order chi connectivity index (χ0) is 36.6. The predicted molar refractivity (Wildman–Crippen MR) is 191 cm³/mol. The van der Waals surface area contributed by atoms with Crippen molar-refractivity contribution < 1.29 is 37.0 Å². The molecule has 0 spiro atoms. The largest absolute Gasteiger partial charge is 0.490 e. The number of alkyl halides is 3. The number of aromatic amines is 1. The highest BCUT2D eigenvalue weighted by Crippen LogP contribution is 2.69. The second-order valence-corrected chi connectivity index (χ2v) is 16.1. The molecule has 3 fully saturated rings. The molecule has 1 aromatic heterocycles. The third kappa shape index (κ3) is 5.87. The fraction of sp³-hybridized carbons (Fsp3) is 0.333. The van der Waals surface area contributed by atoms with E-state index in [1.807, 2.05) is 19.1 Å². The topological polar surface area (TPSA) is 118 Å². The fourth-order valence-corrected chi connectivity index (χ4v) is 11.7. The molecule has 1 saturated heterocycles. The summed E-state index contributed by atoms with van der Waals surface area (Å²) in [5, 5.41) is 3.92. The molecule has 270 valence electrons. The lowest BCUT2D eigenvalue weighted by atomic mass is 9.68. The molecule has 3 amide bonds. The molecule has 3 aromatic carbocycles. The van der Waals surface area contributed by atoms with Crippen LogP contribution in [0.15, 0.2) is 70.5 Å². The van der Waals surface area contributed by atoms with Gasteiger partial charge in [-0.2, -0.15) is 13.2 Å². The zero-order valence-corrected chi connectivity index (χ0v) is 30.2. The van der Waals surface area contributed by atoms with Crippen LogP contribution in [0.25, 0.3) is 0 Å². The van der Waals surface area contributed by atoms with Gasteiger partial charge in [0.05, 0.1) is 44.8 Å². The van der Waals surface area contributed by atoms with Gasteiger partial charge in [0.1, 0.15) is 0 Å². The van der Waals surface area contributed by atoms with E-state index in [-0.39, 0.29) is 51.1 Å². The molecule has 6 unspecified atom stereocenters. The Hall–Kier alpha value is -3.98. The second kappa shape index (κ2) is 13.2. The van der Waals surface area contributed by atoms with E-state index in [4.69, 9.17) is 32.7 Å². The van der Waals surface area contributed by atoms with Crippen LogP contribution < -0.4 is 24.6 Å². The summed E-state index contributed by atoms with van der Waals surface area (Å²) in [6, 6.07) is 14.4. The SMILES string of the molecule is CCOc1cc([C@H]2c3sc(=O)[nH]c3SC3C4CC(C5C(=O)N(c6cccc(C(F)(F)F)c6)C(=O)C45)C32)ccc1OCC(=O)Nc1ccc(Cl)c(Cl)c1. The number of fused-ring (bicyclic) bond motifs is 9. The number of rotatable bonds is 8. The van der Waals surface area contributed by atoms with E-state index in [2.05, 4.69) is 10.3 Å². The molecule has 0 radical (unpaired) electrons. The molecule has 2 saturated carbocycles. The van der Waals surface area contributed by atoms with E-state index >= 15 is 0 Å². The number of ether oxygens (including phenoxy) is 2. The van der Waals surface area contributed by atoms with Crippen LogP contribution >= 0.6 is 46.3 Å². The molecule has 3 heterocycles. The average molecular weight is 791 g/mol. The van der Waals surface area contributed by atoms with E-state index < -0.39 is 41.3 Å². The fourth-order valence-electron chi connectivity index (χ4n) is 8.49. The lowest BCUT2D eigenvalue weighted by Crippen LogP contribution is -2.42. The number of carbonyl (C=O) groups is 3. The molecule has 2 bridgehead atoms. The number of thioether (sulfide) groups is 1. The monoisotopic (exact) mass is 789 g/mol. The number of nitrogens with one attached hydrogen (secondary N) is 2. The summed E-state index contributed by atoms with van der Waals surface area (Å²) >= 11 is 14.6. The van der Waals surface area contributed by atoms with Crippen molar-refractivity contribution in [2.75, 3.05) is 23.4 Å². The van der Waals surface area contributed by atoms with Gasteiger partial charge in [0.2, 0.25) is 11.8 Å². The molecule has 7 atom stereocenters. The van der Waals surface area contributed by atoms with E-state index in [9.17, 15) is 32.3 Å². The van der Waals surface area contributed by atoms with Gasteiger partial charge in [-0.3, -0.25) is 24.1 Å². The van der Waals surface area contributed by atoms with Crippen LogP contribution in [0.2, 0.25) is 10.0 Å². The molecule has 16 heteroatoms. The number of H-pyrrole nitrogens is 1. The van der Waals surface area contributed by atoms with Gasteiger partial charge in [0.25, 0.3) is 5.91 Å². The van der Waals surface area contributed by atoms with Crippen molar-refractivity contribution in [1.29, 1.82) is 0 Å². The van der Waals surface area contributed by atoms with Crippen LogP contribution in [0.3, 0.4) is 0 Å². The third-order valence-electron chi connectivity index (χ3n) is 10.3. The number of hydrogen-bond donors (Lipinski definition) is 2. The minimum atomic E-state index is -4.64. The number of carbonyl (C=O) groups excluding carboxylic acids is 3. The van der Waals surface area contributed by atoms with Crippen LogP contribution in [-0.2, 0) is 20.6 Å². The molecule has 4 aliphatic rings. The van der Waals surface area contributed by atoms with Crippen LogP contribution in [-0.4, -0.2) is 41.2 Å². The van der Waals surface area contributed by atoms with E-state index in [0.717, 1.165) is 38.8 Å². The van der Waals surface area contributed by atoms with Crippen molar-refractivity contribution in [2.24, 2.45) is 29.6 Å². The lowest BCUT2D eigenvalue weighted by molar-refractivity contribution is -0.137. The van der Waals surface area contributed by atoms with Gasteiger partial charge in [0, 0.05) is 21.7 Å². The van der Waals surface area contributed by atoms with Crippen molar-refractivity contribution >= 4 is 75.4 Å². The van der Waals surface area contributed by atoms with Crippen LogP contribution in [0.4, 0.5) is 24.5 Å². The minimum Gasteiger partial charge on any atom is -0.490 e. The Morgan fingerprint density at radius 1 is 0.962 bits per heavy atom. The van der Waals surface area contributed by atoms with E-state index in [1.54, 1.807) is 18.2 Å². The van der Waals surface area contributed by atoms with Gasteiger partial charge in [-0.25, -0.2) is 0 Å². The highest BCUT2D eigenvalue weighted by molar-refractivity contribution is 8.00. The van der Waals surface area contributed by atoms with E-state index in [1.165, 1.54) is 30.0 Å². The highest BCUT2D eigenvalue weighted by atomic mass is 35.5. The predicted octanol–water partition coefficient (Wildman–Crippen LogP) is 7.86. The van der Waals surface area contributed by atoms with Crippen molar-refractivity contribution in [3.8, 4) is 11.5 Å². The van der Waals surface area contributed by atoms with Gasteiger partial charge in [-0.15, -0.1) is 11.8 Å². The first-order valence-corrected chi connectivity index (χ1v) is 18.9. The number of aromatic nitrogens is 1. The summed E-state index contributed by atoms with van der Waals surface area (Å²) < 4.78 is 52.6. The maximum absolute atomic E-state index is 14.1. The van der Waals surface area contributed by atoms with Crippen molar-refractivity contribution in [3.63, 3.8) is 0 Å². The molecular weight excluding hydrogens is 762 g/mol. The molecule has 2 N–H and O–H groups in total. The maximum Gasteiger partial charge on any atom is 0.416 e. The first kappa shape index (κ1) is 35.1. The summed E-state index contributed by atoms with van der Waals surface area (Å²) in [5.74, 6) is -3.07. The van der Waals surface area contributed by atoms with Gasteiger partial charge < -0.3 is 19.8 Å². The molecule has 9 nitrogen and oxygen atoms in total. The Balaban J connectivity index is 1.09. The molecule has 2 aliphatic heterocycles. The van der Waals surface area contributed by atoms with Crippen molar-refractivity contribution in [3.05, 3.63) is 96.4 Å². The number of benzene rings is 3. The number of halogens is 5. The van der Waals surface area contributed by atoms with Crippen molar-refractivity contribution in [2.45, 2.75) is 35.7 Å². The quantitative estimate of drug-likeness (QED) is 0.175. The lowest BCUT2D eigenvalue weighted by Gasteiger charge is -2.43. The smallest absolute Gasteiger partial charge is 0.416 e. The zero-order valence-electron chi connectivity index (χ0n) is 27.0. The van der Waals surface area contributed by atoms with Crippen LogP contribution in [0.5, 0.6) is 11.5 Å². The highest BCUT2D eigenvalue weighted by Gasteiger charge is 2.69. The Morgan fingerprint density at radius 2 is 1.73 bits per heavy atom. The normalized spacial score (nSPS) is 25.9. The molecular formula is C36H28Cl2F3N3O6S2. The molecule has 2 aliphatic carbocycles. The number of amides is 3. The number of anilines is 2. The standard InChI is InChI=1S/C36H28Cl2F3N3O6S2/c1-2-49-24-10-15(6-9-23(24)50-14-25(45)42-17-7-8-21(37)22(38)12-17)26-27-19-13-20(30(27)51-32-31(26)52-35(48)43-32)29-28(19)33(46)44(34(29)47)18-5-3-4-16(11-18)36(39,40)41/h3-12,19-20,26-30H,2,13-14H2,1H3,(H,42,45)(H,43,48)/t19?,20?,26-,27?,28?,29?,30?/m1/s1. The summed E-state index contributed by atoms with van der Waals surface area (Å²) in [7, 11) is 0. The Morgan fingerprint density at radius 3 is 2.46 bits per heavy atom. The number of imide groups is 1. The number of hydrogen-bond acceptors (Lipinski definition) is 8. The van der Waals surface area contributed by atoms with Crippen LogP contribution in [0.1, 0.15) is 35.3 Å². The first-order chi connectivity index (χ1) is 24.8. The van der Waals surface area contributed by atoms with Crippen molar-refractivity contribution in [1.82, 2.24) is 4.98 Å². The van der Waals surface area contributed by atoms with Gasteiger partial charge in [-0.1, -0.05) is 46.7 Å². The van der Waals surface area contributed by atoms with Gasteiger partial charge >= 0.3 is 11.0 Å². The Bertz CT molecular complexity index is 2190. The average Bonchev–Trinajstić information content (AvgIpc) is 3.84. The maximum atomic E-state index is 14.1. The molecule has 52 heavy (non-hydrogen) atoms. The van der Waals surface area contributed by atoms with Gasteiger partial charge in [0.15, 0.2) is 18.1 Å². The summed E-state index contributed by atoms with van der Waals surface area (Å²) in [4.78, 5) is 57.9. The van der Waals surface area contributed by atoms with Crippen LogP contribution in [0, 0.1) is 29.6 Å². The first-order valence-electron chi connectivity index (χ1n) is 16.4. The third-order valence-corrected chi connectivity index (χ3v) is 13.7. The molecule has 4 aromatic rings. The number of nitrogens with zero attached hydrogens (tertiary/aromatic N) is 1. The summed E-state index contributed by atoms with van der Waals surface area (Å²) in [6.07, 6.45) is -4.03. The Kier molecular flexibility index (Phi) is 8.87. The summed E-state index contributed by atoms with van der Waals surface area (Å²) in [5.41, 5.74) is 0.228.